The molecule has 1 aromatic heterocycles. The maximum absolute atomic E-state index is 12.6. The van der Waals surface area contributed by atoms with Gasteiger partial charge < -0.3 is 0 Å². The van der Waals surface area contributed by atoms with Gasteiger partial charge in [-0.2, -0.15) is 18.3 Å². The van der Waals surface area contributed by atoms with Crippen molar-refractivity contribution in [2.24, 2.45) is 5.10 Å². The average molecular weight is 415 g/mol. The number of nitrogens with zero attached hydrogens (tertiary/aromatic N) is 2. The standard InChI is InChI=1S/C21H16F3N3OS/c1-14(28)17-6-2-4-15(12-17)5-3-11-25-27-20-26-19(13-29-20)16-7-9-18(10-8-16)21(22,23)24/h2-13H,1H3,(H,26,27)/b5-3?,25-11+. The first kappa shape index (κ1) is 20.5. The van der Waals surface area contributed by atoms with Crippen LogP contribution in [0.25, 0.3) is 17.3 Å². The van der Waals surface area contributed by atoms with Crippen LogP contribution in [0.4, 0.5) is 18.3 Å². The Morgan fingerprint density at radius 3 is 2.62 bits per heavy atom. The number of anilines is 1. The Hall–Kier alpha value is -3.26. The lowest BCUT2D eigenvalue weighted by atomic mass is 10.1. The molecular weight excluding hydrogens is 399 g/mol. The summed E-state index contributed by atoms with van der Waals surface area (Å²) in [6.07, 6.45) is 0.715. The Kier molecular flexibility index (Phi) is 6.23. The molecule has 29 heavy (non-hydrogen) atoms. The van der Waals surface area contributed by atoms with Gasteiger partial charge in [0, 0.05) is 22.7 Å². The van der Waals surface area contributed by atoms with Gasteiger partial charge in [-0.3, -0.25) is 10.2 Å². The highest BCUT2D eigenvalue weighted by atomic mass is 32.1. The second kappa shape index (κ2) is 8.83. The molecular formula is C21H16F3N3OS. The third kappa shape index (κ3) is 5.61. The summed E-state index contributed by atoms with van der Waals surface area (Å²) >= 11 is 1.29. The Morgan fingerprint density at radius 1 is 1.17 bits per heavy atom. The van der Waals surface area contributed by atoms with Crippen LogP contribution >= 0.6 is 11.3 Å². The number of allylic oxidation sites excluding steroid dienone is 1. The number of nitrogens with one attached hydrogen (secondary N) is 1. The van der Waals surface area contributed by atoms with Crippen molar-refractivity contribution < 1.29 is 18.0 Å². The highest BCUT2D eigenvalue weighted by molar-refractivity contribution is 7.14. The van der Waals surface area contributed by atoms with Crippen molar-refractivity contribution in [1.29, 1.82) is 0 Å². The second-order valence-electron chi connectivity index (χ2n) is 6.04. The smallest absolute Gasteiger partial charge is 0.295 e. The van der Waals surface area contributed by atoms with Crippen LogP contribution < -0.4 is 5.43 Å². The summed E-state index contributed by atoms with van der Waals surface area (Å²) in [7, 11) is 0. The molecule has 0 saturated heterocycles. The topological polar surface area (TPSA) is 54.4 Å². The van der Waals surface area contributed by atoms with Gasteiger partial charge in [0.05, 0.1) is 11.3 Å². The van der Waals surface area contributed by atoms with Gasteiger partial charge in [-0.15, -0.1) is 11.3 Å². The number of Topliss-reactive ketones (excluding diaryl/α,β-unsaturated/α-hetero) is 1. The maximum Gasteiger partial charge on any atom is 0.416 e. The number of hydrogen-bond donors (Lipinski definition) is 1. The summed E-state index contributed by atoms with van der Waals surface area (Å²) in [6, 6.07) is 12.1. The molecule has 0 aliphatic carbocycles. The van der Waals surface area contributed by atoms with E-state index < -0.39 is 11.7 Å². The van der Waals surface area contributed by atoms with Crippen molar-refractivity contribution >= 4 is 34.5 Å². The number of ketones is 1. The molecule has 0 amide bonds. The van der Waals surface area contributed by atoms with Gasteiger partial charge in [-0.25, -0.2) is 4.98 Å². The van der Waals surface area contributed by atoms with Crippen LogP contribution in [-0.2, 0) is 6.18 Å². The fourth-order valence-electron chi connectivity index (χ4n) is 2.44. The van der Waals surface area contributed by atoms with Crippen LogP contribution in [0.1, 0.15) is 28.4 Å². The fourth-order valence-corrected chi connectivity index (χ4v) is 3.11. The lowest BCUT2D eigenvalue weighted by molar-refractivity contribution is -0.137. The van der Waals surface area contributed by atoms with Gasteiger partial charge in [0.25, 0.3) is 0 Å². The molecule has 8 heteroatoms. The number of thiazole rings is 1. The van der Waals surface area contributed by atoms with E-state index in [2.05, 4.69) is 15.5 Å². The summed E-state index contributed by atoms with van der Waals surface area (Å²) in [5.74, 6) is 0.00297. The van der Waals surface area contributed by atoms with Crippen LogP contribution in [0.15, 0.2) is 65.1 Å². The number of hydrazone groups is 1. The van der Waals surface area contributed by atoms with Gasteiger partial charge in [-0.05, 0) is 36.8 Å². The predicted molar refractivity (Wildman–Crippen MR) is 110 cm³/mol. The molecule has 0 radical (unpaired) electrons. The zero-order valence-corrected chi connectivity index (χ0v) is 16.1. The number of carbonyl (C=O) groups excluding carboxylic acids is 1. The first-order valence-electron chi connectivity index (χ1n) is 8.53. The van der Waals surface area contributed by atoms with E-state index >= 15 is 0 Å². The van der Waals surface area contributed by atoms with E-state index in [1.54, 1.807) is 29.8 Å². The monoisotopic (exact) mass is 415 g/mol. The molecule has 0 fully saturated rings. The van der Waals surface area contributed by atoms with Crippen molar-refractivity contribution in [3.63, 3.8) is 0 Å². The number of rotatable bonds is 6. The van der Waals surface area contributed by atoms with Crippen LogP contribution in [0.5, 0.6) is 0 Å². The van der Waals surface area contributed by atoms with E-state index in [0.717, 1.165) is 17.7 Å². The Labute approximate surface area is 169 Å². The Balaban J connectivity index is 1.59. The van der Waals surface area contributed by atoms with E-state index in [4.69, 9.17) is 0 Å². The number of carbonyl (C=O) groups is 1. The quantitative estimate of drug-likeness (QED) is 0.299. The summed E-state index contributed by atoms with van der Waals surface area (Å²) in [5.41, 5.74) is 4.76. The molecule has 148 valence electrons. The first-order valence-corrected chi connectivity index (χ1v) is 9.41. The van der Waals surface area contributed by atoms with E-state index in [9.17, 15) is 18.0 Å². The van der Waals surface area contributed by atoms with Gasteiger partial charge in [0.15, 0.2) is 5.78 Å². The van der Waals surface area contributed by atoms with Gasteiger partial charge in [-0.1, -0.05) is 36.4 Å². The van der Waals surface area contributed by atoms with E-state index in [0.29, 0.717) is 22.0 Å². The molecule has 0 bridgehead atoms. The third-order valence-corrected chi connectivity index (χ3v) is 4.66. The van der Waals surface area contributed by atoms with Crippen LogP contribution in [-0.4, -0.2) is 17.0 Å². The molecule has 2 aromatic carbocycles. The van der Waals surface area contributed by atoms with Gasteiger partial charge >= 0.3 is 6.18 Å². The number of benzene rings is 2. The lowest BCUT2D eigenvalue weighted by Gasteiger charge is -2.06. The van der Waals surface area contributed by atoms with Crippen molar-refractivity contribution in [2.75, 3.05) is 5.43 Å². The molecule has 3 rings (SSSR count). The highest BCUT2D eigenvalue weighted by Crippen LogP contribution is 2.31. The third-order valence-electron chi connectivity index (χ3n) is 3.91. The fraction of sp³-hybridized carbons (Fsp3) is 0.0952. The summed E-state index contributed by atoms with van der Waals surface area (Å²) in [5, 5.41) is 6.29. The van der Waals surface area contributed by atoms with Crippen molar-refractivity contribution in [3.05, 3.63) is 76.7 Å². The molecule has 0 aliphatic heterocycles. The molecule has 3 aromatic rings. The Bertz CT molecular complexity index is 1050. The lowest BCUT2D eigenvalue weighted by Crippen LogP contribution is -2.03. The van der Waals surface area contributed by atoms with Crippen LogP contribution in [0.3, 0.4) is 0 Å². The molecule has 0 atom stereocenters. The van der Waals surface area contributed by atoms with Crippen LogP contribution in [0.2, 0.25) is 0 Å². The number of halogens is 3. The highest BCUT2D eigenvalue weighted by Gasteiger charge is 2.30. The van der Waals surface area contributed by atoms with E-state index in [-0.39, 0.29) is 5.78 Å². The molecule has 0 unspecified atom stereocenters. The van der Waals surface area contributed by atoms with Crippen LogP contribution in [0, 0.1) is 0 Å². The normalized spacial score (nSPS) is 12.0. The molecule has 0 spiro atoms. The molecule has 1 N–H and O–H groups in total. The van der Waals surface area contributed by atoms with E-state index in [1.165, 1.54) is 30.4 Å². The molecule has 4 nitrogen and oxygen atoms in total. The first-order chi connectivity index (χ1) is 13.8. The second-order valence-corrected chi connectivity index (χ2v) is 6.90. The van der Waals surface area contributed by atoms with Gasteiger partial charge in [0.2, 0.25) is 5.13 Å². The zero-order valence-electron chi connectivity index (χ0n) is 15.3. The van der Waals surface area contributed by atoms with Crippen molar-refractivity contribution in [3.8, 4) is 11.3 Å². The van der Waals surface area contributed by atoms with Crippen molar-refractivity contribution in [2.45, 2.75) is 13.1 Å². The van der Waals surface area contributed by atoms with Crippen molar-refractivity contribution in [1.82, 2.24) is 4.98 Å². The van der Waals surface area contributed by atoms with Gasteiger partial charge in [0.1, 0.15) is 0 Å². The summed E-state index contributed by atoms with van der Waals surface area (Å²) < 4.78 is 37.9. The minimum Gasteiger partial charge on any atom is -0.295 e. The maximum atomic E-state index is 12.6. The predicted octanol–water partition coefficient (Wildman–Crippen LogP) is 6.14. The minimum atomic E-state index is -4.36. The van der Waals surface area contributed by atoms with E-state index in [1.807, 2.05) is 18.2 Å². The summed E-state index contributed by atoms with van der Waals surface area (Å²) in [4.78, 5) is 15.7. The number of alkyl halides is 3. The Morgan fingerprint density at radius 2 is 1.93 bits per heavy atom. The SMILES string of the molecule is CC(=O)c1cccc(C=C/C=N/Nc2nc(-c3ccc(C(F)(F)F)cc3)cs2)c1. The number of hydrogen-bond acceptors (Lipinski definition) is 5. The number of aromatic nitrogens is 1. The largest absolute Gasteiger partial charge is 0.416 e. The summed E-state index contributed by atoms with van der Waals surface area (Å²) in [6.45, 7) is 1.52. The minimum absolute atomic E-state index is 0.00297. The molecule has 0 saturated carbocycles. The zero-order chi connectivity index (χ0) is 20.9. The molecule has 0 aliphatic rings. The average Bonchev–Trinajstić information content (AvgIpc) is 3.16. The molecule has 1 heterocycles.